The number of nitrogens with one attached hydrogen (secondary N) is 1. The fraction of sp³-hybridized carbons (Fsp3) is 0.105. The van der Waals surface area contributed by atoms with Gasteiger partial charge >= 0.3 is 0 Å². The summed E-state index contributed by atoms with van der Waals surface area (Å²) in [5.41, 5.74) is 1.87. The molecule has 1 N–H and O–H groups in total. The molecule has 7 heteroatoms. The van der Waals surface area contributed by atoms with Crippen LogP contribution in [0.3, 0.4) is 0 Å². The Bertz CT molecular complexity index is 947. The monoisotopic (exact) mass is 348 g/mol. The maximum Gasteiger partial charge on any atom is 0.276 e. The first-order valence-corrected chi connectivity index (χ1v) is 8.02. The van der Waals surface area contributed by atoms with Gasteiger partial charge in [0.2, 0.25) is 6.79 Å². The molecule has 26 heavy (non-hydrogen) atoms. The molecule has 7 nitrogen and oxygen atoms in total. The van der Waals surface area contributed by atoms with Gasteiger partial charge in [-0.2, -0.15) is 0 Å². The molecule has 1 aromatic heterocycles. The highest BCUT2D eigenvalue weighted by atomic mass is 16.7. The topological polar surface area (TPSA) is 76.6 Å². The molecule has 1 amide bonds. The summed E-state index contributed by atoms with van der Waals surface area (Å²) in [5, 5.41) is 3.15. The van der Waals surface area contributed by atoms with E-state index in [2.05, 4.69) is 15.3 Å². The van der Waals surface area contributed by atoms with Gasteiger partial charge < -0.3 is 19.7 Å². The molecule has 0 spiro atoms. The smallest absolute Gasteiger partial charge is 0.276 e. The lowest BCUT2D eigenvalue weighted by atomic mass is 10.2. The Morgan fingerprint density at radius 1 is 1.04 bits per heavy atom. The average molecular weight is 348 g/mol. The number of rotatable bonds is 4. The van der Waals surface area contributed by atoms with E-state index < -0.39 is 0 Å². The zero-order valence-electron chi connectivity index (χ0n) is 14.0. The third-order valence-corrected chi connectivity index (χ3v) is 3.98. The summed E-state index contributed by atoms with van der Waals surface area (Å²) in [6.45, 7) is 0.219. The van der Waals surface area contributed by atoms with Crippen LogP contribution in [0.2, 0.25) is 0 Å². The van der Waals surface area contributed by atoms with E-state index >= 15 is 0 Å². The van der Waals surface area contributed by atoms with Crippen molar-refractivity contribution >= 4 is 23.1 Å². The van der Waals surface area contributed by atoms with Crippen LogP contribution in [0.5, 0.6) is 11.5 Å². The van der Waals surface area contributed by atoms with E-state index in [4.69, 9.17) is 9.47 Å². The number of carbonyl (C=O) groups is 1. The zero-order chi connectivity index (χ0) is 17.9. The molecule has 0 aliphatic carbocycles. The van der Waals surface area contributed by atoms with Crippen molar-refractivity contribution in [2.75, 3.05) is 24.1 Å². The molecule has 0 fully saturated rings. The molecular weight excluding hydrogens is 332 g/mol. The van der Waals surface area contributed by atoms with E-state index in [-0.39, 0.29) is 12.7 Å². The lowest BCUT2D eigenvalue weighted by Crippen LogP contribution is -2.27. The Kier molecular flexibility index (Phi) is 4.10. The van der Waals surface area contributed by atoms with Crippen LogP contribution < -0.4 is 19.7 Å². The largest absolute Gasteiger partial charge is 0.454 e. The van der Waals surface area contributed by atoms with Gasteiger partial charge in [-0.05, 0) is 24.3 Å². The van der Waals surface area contributed by atoms with Crippen LogP contribution in [-0.4, -0.2) is 29.7 Å². The average Bonchev–Trinajstić information content (AvgIpc) is 3.15. The van der Waals surface area contributed by atoms with Crippen molar-refractivity contribution in [1.29, 1.82) is 0 Å². The molecule has 1 aliphatic rings. The third kappa shape index (κ3) is 3.14. The van der Waals surface area contributed by atoms with Gasteiger partial charge in [0.1, 0.15) is 17.8 Å². The Hall–Kier alpha value is -3.61. The number of carbonyl (C=O) groups excluding carboxylic acids is 1. The van der Waals surface area contributed by atoms with E-state index in [0.717, 1.165) is 11.4 Å². The molecule has 0 unspecified atom stereocenters. The molecule has 4 rings (SSSR count). The standard InChI is InChI=1S/C19H16N4O3/c1-23(14-5-3-2-4-6-14)19(24)15-10-18(21-11-20-15)22-13-7-8-16-17(9-13)26-12-25-16/h2-11H,12H2,1H3,(H,20,21,22). The Morgan fingerprint density at radius 2 is 1.85 bits per heavy atom. The van der Waals surface area contributed by atoms with Gasteiger partial charge in [-0.15, -0.1) is 0 Å². The number of amides is 1. The zero-order valence-corrected chi connectivity index (χ0v) is 14.0. The van der Waals surface area contributed by atoms with Crippen molar-refractivity contribution in [2.24, 2.45) is 0 Å². The van der Waals surface area contributed by atoms with Crippen molar-refractivity contribution in [1.82, 2.24) is 9.97 Å². The SMILES string of the molecule is CN(C(=O)c1cc(Nc2ccc3c(c2)OCO3)ncn1)c1ccccc1. The second-order valence-electron chi connectivity index (χ2n) is 5.68. The molecule has 2 aromatic carbocycles. The van der Waals surface area contributed by atoms with Gasteiger partial charge in [-0.1, -0.05) is 18.2 Å². The van der Waals surface area contributed by atoms with Gasteiger partial charge in [0.05, 0.1) is 0 Å². The molecule has 2 heterocycles. The predicted molar refractivity (Wildman–Crippen MR) is 97.1 cm³/mol. The van der Waals surface area contributed by atoms with Gasteiger partial charge in [0.15, 0.2) is 11.5 Å². The van der Waals surface area contributed by atoms with Crippen molar-refractivity contribution in [2.45, 2.75) is 0 Å². The fourth-order valence-electron chi connectivity index (χ4n) is 2.61. The fourth-order valence-corrected chi connectivity index (χ4v) is 2.61. The number of hydrogen-bond donors (Lipinski definition) is 1. The second kappa shape index (κ2) is 6.72. The maximum atomic E-state index is 12.7. The first kappa shape index (κ1) is 15.9. The molecule has 0 saturated heterocycles. The van der Waals surface area contributed by atoms with Crippen molar-refractivity contribution in [3.8, 4) is 11.5 Å². The number of ether oxygens (including phenoxy) is 2. The summed E-state index contributed by atoms with van der Waals surface area (Å²) >= 11 is 0. The summed E-state index contributed by atoms with van der Waals surface area (Å²) in [4.78, 5) is 22.5. The molecule has 0 bridgehead atoms. The minimum atomic E-state index is -0.215. The highest BCUT2D eigenvalue weighted by molar-refractivity contribution is 6.04. The first-order valence-electron chi connectivity index (χ1n) is 8.02. The molecule has 0 radical (unpaired) electrons. The van der Waals surface area contributed by atoms with Gasteiger partial charge in [-0.25, -0.2) is 9.97 Å². The molecule has 1 aliphatic heterocycles. The first-order chi connectivity index (χ1) is 12.7. The van der Waals surface area contributed by atoms with Gasteiger partial charge in [-0.3, -0.25) is 4.79 Å². The highest BCUT2D eigenvalue weighted by Crippen LogP contribution is 2.34. The van der Waals surface area contributed by atoms with Crippen LogP contribution in [0.4, 0.5) is 17.2 Å². The van der Waals surface area contributed by atoms with Gasteiger partial charge in [0.25, 0.3) is 5.91 Å². The minimum Gasteiger partial charge on any atom is -0.454 e. The molecule has 3 aromatic rings. The van der Waals surface area contributed by atoms with E-state index in [1.54, 1.807) is 18.0 Å². The molecule has 130 valence electrons. The van der Waals surface area contributed by atoms with Crippen LogP contribution in [0.25, 0.3) is 0 Å². The molecular formula is C19H16N4O3. The lowest BCUT2D eigenvalue weighted by Gasteiger charge is -2.17. The number of benzene rings is 2. The van der Waals surface area contributed by atoms with Crippen molar-refractivity contribution < 1.29 is 14.3 Å². The quantitative estimate of drug-likeness (QED) is 0.780. The number of hydrogen-bond acceptors (Lipinski definition) is 6. The van der Waals surface area contributed by atoms with E-state index in [0.29, 0.717) is 23.0 Å². The maximum absolute atomic E-state index is 12.7. The lowest BCUT2D eigenvalue weighted by molar-refractivity contribution is 0.0988. The number of para-hydroxylation sites is 1. The number of fused-ring (bicyclic) bond motifs is 1. The summed E-state index contributed by atoms with van der Waals surface area (Å²) in [6, 6.07) is 16.5. The normalized spacial score (nSPS) is 11.9. The Balaban J connectivity index is 1.54. The van der Waals surface area contributed by atoms with Gasteiger partial charge in [0, 0.05) is 30.6 Å². The molecule has 0 saturated carbocycles. The van der Waals surface area contributed by atoms with E-state index in [1.807, 2.05) is 48.5 Å². The Labute approximate surface area is 150 Å². The van der Waals surface area contributed by atoms with E-state index in [9.17, 15) is 4.79 Å². The summed E-state index contributed by atoms with van der Waals surface area (Å²) in [6.07, 6.45) is 1.36. The highest BCUT2D eigenvalue weighted by Gasteiger charge is 2.16. The van der Waals surface area contributed by atoms with Crippen molar-refractivity contribution in [3.63, 3.8) is 0 Å². The van der Waals surface area contributed by atoms with Crippen molar-refractivity contribution in [3.05, 3.63) is 66.6 Å². The summed E-state index contributed by atoms with van der Waals surface area (Å²) < 4.78 is 10.7. The molecule has 0 atom stereocenters. The van der Waals surface area contributed by atoms with Crippen LogP contribution in [0.15, 0.2) is 60.9 Å². The second-order valence-corrected chi connectivity index (χ2v) is 5.68. The summed E-state index contributed by atoms with van der Waals surface area (Å²) in [7, 11) is 1.71. The van der Waals surface area contributed by atoms with Crippen LogP contribution in [0.1, 0.15) is 10.5 Å². The number of aromatic nitrogens is 2. The Morgan fingerprint density at radius 3 is 2.69 bits per heavy atom. The summed E-state index contributed by atoms with van der Waals surface area (Å²) in [5.74, 6) is 1.68. The van der Waals surface area contributed by atoms with Crippen LogP contribution in [-0.2, 0) is 0 Å². The third-order valence-electron chi connectivity index (χ3n) is 3.98. The van der Waals surface area contributed by atoms with Crippen LogP contribution >= 0.6 is 0 Å². The predicted octanol–water partition coefficient (Wildman–Crippen LogP) is 3.23. The minimum absolute atomic E-state index is 0.215. The number of nitrogens with zero attached hydrogens (tertiary/aromatic N) is 3. The van der Waals surface area contributed by atoms with Crippen LogP contribution in [0, 0.1) is 0 Å². The van der Waals surface area contributed by atoms with E-state index in [1.165, 1.54) is 6.33 Å². The number of anilines is 3.